The highest BCUT2D eigenvalue weighted by Gasteiger charge is 2.19. The van der Waals surface area contributed by atoms with Crippen molar-refractivity contribution in [1.29, 1.82) is 0 Å². The van der Waals surface area contributed by atoms with Gasteiger partial charge in [-0.25, -0.2) is 0 Å². The Hall–Kier alpha value is -0.790. The number of hydrogen-bond donors (Lipinski definition) is 1. The van der Waals surface area contributed by atoms with Crippen LogP contribution < -0.4 is 0 Å². The molecule has 0 fully saturated rings. The second-order valence-corrected chi connectivity index (χ2v) is 2.50. The van der Waals surface area contributed by atoms with Crippen LogP contribution in [0.2, 0.25) is 0 Å². The van der Waals surface area contributed by atoms with Crippen molar-refractivity contribution in [3.8, 4) is 0 Å². The number of carboxylic acids is 1. The predicted octanol–water partition coefficient (Wildman–Crippen LogP) is 1.43. The minimum absolute atomic E-state index is 0.204. The maximum absolute atomic E-state index is 10.3. The number of rotatable bonds is 1. The zero-order valence-corrected chi connectivity index (χ0v) is 5.42. The van der Waals surface area contributed by atoms with Gasteiger partial charge in [-0.3, -0.25) is 4.79 Å². The van der Waals surface area contributed by atoms with Gasteiger partial charge in [-0.2, -0.15) is 0 Å². The number of aliphatic carboxylic acids is 1. The third kappa shape index (κ3) is 1.31. The van der Waals surface area contributed by atoms with Gasteiger partial charge in [0.15, 0.2) is 0 Å². The van der Waals surface area contributed by atoms with Crippen molar-refractivity contribution < 1.29 is 9.90 Å². The highest BCUT2D eigenvalue weighted by molar-refractivity contribution is 5.72. The Morgan fingerprint density at radius 1 is 1.89 bits per heavy atom. The molecule has 0 aromatic heterocycles. The summed E-state index contributed by atoms with van der Waals surface area (Å²) < 4.78 is 0. The van der Waals surface area contributed by atoms with E-state index >= 15 is 0 Å². The highest BCUT2D eigenvalue weighted by atomic mass is 16.4. The number of carbonyl (C=O) groups is 1. The van der Waals surface area contributed by atoms with Gasteiger partial charge in [0.2, 0.25) is 0 Å². The molecule has 0 saturated carbocycles. The Bertz CT molecular complexity index is 158. The van der Waals surface area contributed by atoms with E-state index in [0.717, 1.165) is 12.8 Å². The van der Waals surface area contributed by atoms with Gasteiger partial charge >= 0.3 is 5.97 Å². The molecule has 2 nitrogen and oxygen atoms in total. The molecular weight excluding hydrogens is 116 g/mol. The fourth-order valence-corrected chi connectivity index (χ4v) is 1.09. The van der Waals surface area contributed by atoms with E-state index in [0.29, 0.717) is 0 Å². The minimum Gasteiger partial charge on any atom is -0.481 e. The topological polar surface area (TPSA) is 37.3 Å². The van der Waals surface area contributed by atoms with E-state index in [1.165, 1.54) is 5.57 Å². The standard InChI is InChI=1S/C7H10O2/c1-5-2-3-6(4-5)7(8)9/h4,6H,2-3H2,1H3,(H,8,9). The number of hydrogen-bond acceptors (Lipinski definition) is 1. The van der Waals surface area contributed by atoms with Crippen molar-refractivity contribution in [3.05, 3.63) is 11.6 Å². The van der Waals surface area contributed by atoms with Crippen molar-refractivity contribution in [1.82, 2.24) is 0 Å². The largest absolute Gasteiger partial charge is 0.481 e. The molecule has 0 radical (unpaired) electrons. The predicted molar refractivity (Wildman–Crippen MR) is 34.1 cm³/mol. The minimum atomic E-state index is -0.688. The molecule has 0 saturated heterocycles. The monoisotopic (exact) mass is 126 g/mol. The van der Waals surface area contributed by atoms with Gasteiger partial charge in [-0.1, -0.05) is 11.6 Å². The van der Waals surface area contributed by atoms with Gasteiger partial charge in [-0.05, 0) is 19.8 Å². The average Bonchev–Trinajstić information content (AvgIpc) is 2.14. The summed E-state index contributed by atoms with van der Waals surface area (Å²) in [6.45, 7) is 1.98. The van der Waals surface area contributed by atoms with Crippen molar-refractivity contribution in [2.24, 2.45) is 5.92 Å². The van der Waals surface area contributed by atoms with E-state index < -0.39 is 5.97 Å². The third-order valence-corrected chi connectivity index (χ3v) is 1.65. The molecule has 1 aliphatic carbocycles. The first-order valence-electron chi connectivity index (χ1n) is 3.10. The first-order chi connectivity index (χ1) is 4.20. The summed E-state index contributed by atoms with van der Waals surface area (Å²) in [6, 6.07) is 0. The second-order valence-electron chi connectivity index (χ2n) is 2.50. The van der Waals surface area contributed by atoms with Crippen LogP contribution in [0.4, 0.5) is 0 Å². The van der Waals surface area contributed by atoms with Gasteiger partial charge in [0.25, 0.3) is 0 Å². The van der Waals surface area contributed by atoms with E-state index in [4.69, 9.17) is 5.11 Å². The summed E-state index contributed by atoms with van der Waals surface area (Å²) >= 11 is 0. The number of allylic oxidation sites excluding steroid dienone is 1. The van der Waals surface area contributed by atoms with Gasteiger partial charge in [0.1, 0.15) is 0 Å². The van der Waals surface area contributed by atoms with Crippen molar-refractivity contribution >= 4 is 5.97 Å². The lowest BCUT2D eigenvalue weighted by atomic mass is 10.1. The lowest BCUT2D eigenvalue weighted by Crippen LogP contribution is -2.06. The van der Waals surface area contributed by atoms with Crippen LogP contribution in [-0.4, -0.2) is 11.1 Å². The Labute approximate surface area is 54.2 Å². The van der Waals surface area contributed by atoms with E-state index in [9.17, 15) is 4.79 Å². The van der Waals surface area contributed by atoms with Gasteiger partial charge < -0.3 is 5.11 Å². The lowest BCUT2D eigenvalue weighted by Gasteiger charge is -1.95. The Kier molecular flexibility index (Phi) is 1.56. The summed E-state index contributed by atoms with van der Waals surface area (Å²) in [4.78, 5) is 10.3. The molecule has 50 valence electrons. The maximum Gasteiger partial charge on any atom is 0.310 e. The molecule has 0 amide bonds. The molecule has 0 spiro atoms. The smallest absolute Gasteiger partial charge is 0.310 e. The molecular formula is C7H10O2. The van der Waals surface area contributed by atoms with Crippen molar-refractivity contribution in [3.63, 3.8) is 0 Å². The first-order valence-corrected chi connectivity index (χ1v) is 3.10. The van der Waals surface area contributed by atoms with Crippen LogP contribution in [0.1, 0.15) is 19.8 Å². The Morgan fingerprint density at radius 3 is 2.78 bits per heavy atom. The van der Waals surface area contributed by atoms with E-state index in [-0.39, 0.29) is 5.92 Å². The van der Waals surface area contributed by atoms with Gasteiger partial charge in [0.05, 0.1) is 5.92 Å². The third-order valence-electron chi connectivity index (χ3n) is 1.65. The Morgan fingerprint density at radius 2 is 2.56 bits per heavy atom. The molecule has 1 N–H and O–H groups in total. The highest BCUT2D eigenvalue weighted by Crippen LogP contribution is 2.22. The van der Waals surface area contributed by atoms with Gasteiger partial charge in [0, 0.05) is 0 Å². The van der Waals surface area contributed by atoms with Gasteiger partial charge in [-0.15, -0.1) is 0 Å². The Balaban J connectivity index is 2.57. The van der Waals surface area contributed by atoms with Crippen LogP contribution >= 0.6 is 0 Å². The molecule has 0 aliphatic heterocycles. The molecule has 1 rings (SSSR count). The lowest BCUT2D eigenvalue weighted by molar-refractivity contribution is -0.140. The second kappa shape index (κ2) is 2.21. The fraction of sp³-hybridized carbons (Fsp3) is 0.571. The number of carboxylic acid groups (broad SMARTS) is 1. The van der Waals surface area contributed by atoms with Crippen molar-refractivity contribution in [2.75, 3.05) is 0 Å². The maximum atomic E-state index is 10.3. The summed E-state index contributed by atoms with van der Waals surface area (Å²) in [5.41, 5.74) is 1.21. The fourth-order valence-electron chi connectivity index (χ4n) is 1.09. The zero-order valence-electron chi connectivity index (χ0n) is 5.42. The molecule has 0 heterocycles. The SMILES string of the molecule is CC1=CC(C(=O)O)CC1. The summed E-state index contributed by atoms with van der Waals surface area (Å²) in [5, 5.41) is 8.49. The van der Waals surface area contributed by atoms with Crippen LogP contribution in [0.25, 0.3) is 0 Å². The van der Waals surface area contributed by atoms with Crippen LogP contribution in [0, 0.1) is 5.92 Å². The summed E-state index contributed by atoms with van der Waals surface area (Å²) in [7, 11) is 0. The van der Waals surface area contributed by atoms with Crippen LogP contribution in [-0.2, 0) is 4.79 Å². The van der Waals surface area contributed by atoms with E-state index in [2.05, 4.69) is 0 Å². The van der Waals surface area contributed by atoms with E-state index in [1.54, 1.807) is 0 Å². The zero-order chi connectivity index (χ0) is 6.85. The molecule has 2 heteroatoms. The molecule has 0 aromatic rings. The summed E-state index contributed by atoms with van der Waals surface area (Å²) in [5.74, 6) is -0.892. The molecule has 0 bridgehead atoms. The summed E-state index contributed by atoms with van der Waals surface area (Å²) in [6.07, 6.45) is 3.58. The normalized spacial score (nSPS) is 25.9. The first kappa shape index (κ1) is 6.33. The average molecular weight is 126 g/mol. The van der Waals surface area contributed by atoms with E-state index in [1.807, 2.05) is 13.0 Å². The van der Waals surface area contributed by atoms with Crippen LogP contribution in [0.3, 0.4) is 0 Å². The van der Waals surface area contributed by atoms with Crippen LogP contribution in [0.5, 0.6) is 0 Å². The molecule has 9 heavy (non-hydrogen) atoms. The molecule has 1 aliphatic rings. The quantitative estimate of drug-likeness (QED) is 0.539. The molecule has 1 unspecified atom stereocenters. The van der Waals surface area contributed by atoms with Crippen LogP contribution in [0.15, 0.2) is 11.6 Å². The molecule has 0 aromatic carbocycles. The molecule has 1 atom stereocenters. The van der Waals surface area contributed by atoms with Crippen molar-refractivity contribution in [2.45, 2.75) is 19.8 Å².